The number of hydrogen-bond donors (Lipinski definition) is 2. The van der Waals surface area contributed by atoms with E-state index in [4.69, 9.17) is 15.2 Å². The Morgan fingerprint density at radius 3 is 2.43 bits per heavy atom. The zero-order chi connectivity index (χ0) is 20.3. The first kappa shape index (κ1) is 19.4. The van der Waals surface area contributed by atoms with Crippen molar-refractivity contribution in [3.63, 3.8) is 0 Å². The fourth-order valence-corrected chi connectivity index (χ4v) is 2.85. The number of H-pyrrole nitrogens is 1. The molecule has 0 bridgehead atoms. The maximum Gasteiger partial charge on any atom is 0.271 e. The second kappa shape index (κ2) is 7.72. The normalized spacial score (nSPS) is 11.3. The summed E-state index contributed by atoms with van der Waals surface area (Å²) < 4.78 is 11.4. The van der Waals surface area contributed by atoms with Crippen molar-refractivity contribution in [3.8, 4) is 22.8 Å². The molecular weight excluding hydrogens is 356 g/mol. The molecule has 0 atom stereocenters. The molecule has 3 rings (SSSR count). The van der Waals surface area contributed by atoms with Gasteiger partial charge in [-0.05, 0) is 41.3 Å². The molecular formula is C21H24N4O3. The minimum atomic E-state index is -0.642. The number of methoxy groups -OCH3 is 1. The Balaban J connectivity index is 1.83. The molecule has 0 spiro atoms. The van der Waals surface area contributed by atoms with E-state index in [0.29, 0.717) is 23.6 Å². The first-order valence-electron chi connectivity index (χ1n) is 8.91. The van der Waals surface area contributed by atoms with Crippen LogP contribution in [0.3, 0.4) is 0 Å². The largest absolute Gasteiger partial charge is 0.496 e. The van der Waals surface area contributed by atoms with Crippen molar-refractivity contribution in [2.24, 2.45) is 5.73 Å². The Hall–Kier alpha value is -3.35. The minimum Gasteiger partial charge on any atom is -0.496 e. The van der Waals surface area contributed by atoms with Gasteiger partial charge in [-0.15, -0.1) is 0 Å². The van der Waals surface area contributed by atoms with E-state index in [0.717, 1.165) is 11.3 Å². The number of aromatic nitrogens is 3. The van der Waals surface area contributed by atoms with Crippen molar-refractivity contribution < 1.29 is 14.3 Å². The van der Waals surface area contributed by atoms with Gasteiger partial charge in [0.15, 0.2) is 5.69 Å². The lowest BCUT2D eigenvalue weighted by molar-refractivity contribution is 0.0996. The van der Waals surface area contributed by atoms with E-state index in [9.17, 15) is 4.79 Å². The molecule has 28 heavy (non-hydrogen) atoms. The van der Waals surface area contributed by atoms with Crippen molar-refractivity contribution in [2.75, 3.05) is 7.11 Å². The number of primary amides is 1. The van der Waals surface area contributed by atoms with Gasteiger partial charge in [0.2, 0.25) is 0 Å². The first-order valence-corrected chi connectivity index (χ1v) is 8.91. The van der Waals surface area contributed by atoms with Crippen LogP contribution in [0.25, 0.3) is 11.3 Å². The Bertz CT molecular complexity index is 972. The van der Waals surface area contributed by atoms with Crippen molar-refractivity contribution >= 4 is 5.91 Å². The molecule has 3 aromatic rings. The van der Waals surface area contributed by atoms with E-state index >= 15 is 0 Å². The number of ether oxygens (including phenoxy) is 2. The zero-order valence-electron chi connectivity index (χ0n) is 16.4. The highest BCUT2D eigenvalue weighted by molar-refractivity contribution is 5.96. The lowest BCUT2D eigenvalue weighted by atomic mass is 9.87. The number of aromatic amines is 1. The third-order valence-corrected chi connectivity index (χ3v) is 4.45. The number of hydrogen-bond acceptors (Lipinski definition) is 5. The van der Waals surface area contributed by atoms with Crippen LogP contribution in [-0.4, -0.2) is 28.4 Å². The minimum absolute atomic E-state index is 0.0891. The number of benzene rings is 2. The van der Waals surface area contributed by atoms with E-state index in [2.05, 4.69) is 48.3 Å². The molecule has 1 aromatic heterocycles. The van der Waals surface area contributed by atoms with Gasteiger partial charge in [0, 0.05) is 11.1 Å². The number of rotatable bonds is 6. The third-order valence-electron chi connectivity index (χ3n) is 4.45. The van der Waals surface area contributed by atoms with Crippen LogP contribution in [-0.2, 0) is 12.0 Å². The first-order chi connectivity index (χ1) is 13.3. The van der Waals surface area contributed by atoms with Gasteiger partial charge >= 0.3 is 0 Å². The summed E-state index contributed by atoms with van der Waals surface area (Å²) in [7, 11) is 1.60. The van der Waals surface area contributed by atoms with Gasteiger partial charge in [0.25, 0.3) is 5.91 Å². The highest BCUT2D eigenvalue weighted by atomic mass is 16.5. The molecule has 7 nitrogen and oxygen atoms in total. The van der Waals surface area contributed by atoms with Crippen molar-refractivity contribution in [2.45, 2.75) is 32.8 Å². The standard InChI is InChI=1S/C21H24N4O3/c1-21(2,3)15-6-8-16(9-7-15)28-12-14-11-13(5-10-17(14)27-4)18-19(20(22)26)24-25-23-18/h5-11H,12H2,1-4H3,(H2,22,26)(H,23,24,25). The lowest BCUT2D eigenvalue weighted by Crippen LogP contribution is -2.12. The van der Waals surface area contributed by atoms with Gasteiger partial charge in [-0.3, -0.25) is 4.79 Å². The van der Waals surface area contributed by atoms with E-state index in [1.165, 1.54) is 5.56 Å². The van der Waals surface area contributed by atoms with Crippen LogP contribution in [0, 0.1) is 0 Å². The Labute approximate surface area is 163 Å². The number of nitrogens with two attached hydrogens (primary N) is 1. The van der Waals surface area contributed by atoms with E-state index in [1.807, 2.05) is 18.2 Å². The van der Waals surface area contributed by atoms with Crippen LogP contribution in [0.4, 0.5) is 0 Å². The quantitative estimate of drug-likeness (QED) is 0.682. The molecule has 0 radical (unpaired) electrons. The molecule has 0 aliphatic carbocycles. The predicted molar refractivity (Wildman–Crippen MR) is 106 cm³/mol. The summed E-state index contributed by atoms with van der Waals surface area (Å²) in [4.78, 5) is 11.5. The molecule has 0 unspecified atom stereocenters. The highest BCUT2D eigenvalue weighted by Crippen LogP contribution is 2.29. The molecule has 0 saturated heterocycles. The molecule has 0 fully saturated rings. The second-order valence-corrected chi connectivity index (χ2v) is 7.47. The number of nitrogens with one attached hydrogen (secondary N) is 1. The summed E-state index contributed by atoms with van der Waals surface area (Å²) >= 11 is 0. The molecule has 1 heterocycles. The van der Waals surface area contributed by atoms with Crippen LogP contribution in [0.15, 0.2) is 42.5 Å². The van der Waals surface area contributed by atoms with Crippen molar-refractivity contribution in [1.82, 2.24) is 15.4 Å². The number of nitrogens with zero attached hydrogens (tertiary/aromatic N) is 2. The number of amides is 1. The fraction of sp³-hybridized carbons (Fsp3) is 0.286. The molecule has 7 heteroatoms. The van der Waals surface area contributed by atoms with Gasteiger partial charge < -0.3 is 15.2 Å². The molecule has 3 N–H and O–H groups in total. The summed E-state index contributed by atoms with van der Waals surface area (Å²) in [5.41, 5.74) is 8.69. The van der Waals surface area contributed by atoms with Crippen LogP contribution in [0.5, 0.6) is 11.5 Å². The maximum absolute atomic E-state index is 11.5. The molecule has 146 valence electrons. The van der Waals surface area contributed by atoms with Gasteiger partial charge in [0.1, 0.15) is 23.8 Å². The summed E-state index contributed by atoms with van der Waals surface area (Å²) in [5, 5.41) is 10.3. The van der Waals surface area contributed by atoms with Gasteiger partial charge in [-0.1, -0.05) is 32.9 Å². The smallest absolute Gasteiger partial charge is 0.271 e. The van der Waals surface area contributed by atoms with Crippen LogP contribution in [0.1, 0.15) is 42.4 Å². The topological polar surface area (TPSA) is 103 Å². The highest BCUT2D eigenvalue weighted by Gasteiger charge is 2.17. The van der Waals surface area contributed by atoms with Crippen LogP contribution < -0.4 is 15.2 Å². The van der Waals surface area contributed by atoms with E-state index < -0.39 is 5.91 Å². The van der Waals surface area contributed by atoms with Gasteiger partial charge in [0.05, 0.1) is 7.11 Å². The lowest BCUT2D eigenvalue weighted by Gasteiger charge is -2.19. The molecule has 0 aliphatic heterocycles. The summed E-state index contributed by atoms with van der Waals surface area (Å²) in [6.07, 6.45) is 0. The molecule has 0 aliphatic rings. The third kappa shape index (κ3) is 4.14. The summed E-state index contributed by atoms with van der Waals surface area (Å²) in [6.45, 7) is 6.81. The average molecular weight is 380 g/mol. The summed E-state index contributed by atoms with van der Waals surface area (Å²) in [5.74, 6) is 0.801. The Morgan fingerprint density at radius 2 is 1.82 bits per heavy atom. The Morgan fingerprint density at radius 1 is 1.11 bits per heavy atom. The molecule has 1 amide bonds. The summed E-state index contributed by atoms with van der Waals surface area (Å²) in [6, 6.07) is 13.5. The van der Waals surface area contributed by atoms with Gasteiger partial charge in [-0.2, -0.15) is 15.4 Å². The maximum atomic E-state index is 11.5. The molecule has 2 aromatic carbocycles. The number of carbonyl (C=O) groups is 1. The van der Waals surface area contributed by atoms with E-state index in [1.54, 1.807) is 19.2 Å². The number of carbonyl (C=O) groups excluding carboxylic acids is 1. The second-order valence-electron chi connectivity index (χ2n) is 7.47. The van der Waals surface area contributed by atoms with Crippen LogP contribution in [0.2, 0.25) is 0 Å². The predicted octanol–water partition coefficient (Wildman–Crippen LogP) is 3.46. The monoisotopic (exact) mass is 380 g/mol. The fourth-order valence-electron chi connectivity index (χ4n) is 2.85. The van der Waals surface area contributed by atoms with Crippen molar-refractivity contribution in [1.29, 1.82) is 0 Å². The zero-order valence-corrected chi connectivity index (χ0v) is 16.4. The van der Waals surface area contributed by atoms with Gasteiger partial charge in [-0.25, -0.2) is 0 Å². The SMILES string of the molecule is COc1ccc(-c2n[nH]nc2C(N)=O)cc1COc1ccc(C(C)(C)C)cc1. The molecule has 0 saturated carbocycles. The van der Waals surface area contributed by atoms with Crippen molar-refractivity contribution in [3.05, 3.63) is 59.3 Å². The van der Waals surface area contributed by atoms with Crippen LogP contribution >= 0.6 is 0 Å². The Kier molecular flexibility index (Phi) is 5.35. The van der Waals surface area contributed by atoms with E-state index in [-0.39, 0.29) is 11.1 Å². The average Bonchev–Trinajstić information content (AvgIpc) is 3.16.